The molecule has 4 nitrogen and oxygen atoms in total. The molecule has 0 radical (unpaired) electrons. The molecule has 0 aliphatic rings. The number of likely N-dealkylation sites (N-methyl/N-ethyl adjacent to an activating group) is 1. The summed E-state index contributed by atoms with van der Waals surface area (Å²) in [6, 6.07) is 14.0. The van der Waals surface area contributed by atoms with Crippen molar-refractivity contribution in [1.82, 2.24) is 4.31 Å². The zero-order valence-electron chi connectivity index (χ0n) is 12.5. The highest BCUT2D eigenvalue weighted by molar-refractivity contribution is 7.89. The molecule has 2 aromatic carbocycles. The first-order chi connectivity index (χ1) is 10.4. The standard InChI is InChI=1S/C16H18ClNO3S/c1-18(12-11-13-7-9-14(21-2)10-8-13)22(19,20)16-6-4-3-5-15(16)17/h3-10H,11-12H2,1-2H3. The lowest BCUT2D eigenvalue weighted by molar-refractivity contribution is 0.414. The van der Waals surface area contributed by atoms with E-state index in [9.17, 15) is 8.42 Å². The highest BCUT2D eigenvalue weighted by Crippen LogP contribution is 2.23. The van der Waals surface area contributed by atoms with Crippen molar-refractivity contribution in [3.8, 4) is 5.75 Å². The van der Waals surface area contributed by atoms with Crippen LogP contribution in [0.5, 0.6) is 5.75 Å². The molecule has 0 atom stereocenters. The molecule has 0 N–H and O–H groups in total. The van der Waals surface area contributed by atoms with Crippen LogP contribution in [-0.4, -0.2) is 33.4 Å². The molecule has 2 rings (SSSR count). The quantitative estimate of drug-likeness (QED) is 0.811. The Kier molecular flexibility index (Phi) is 5.45. The molecule has 0 fully saturated rings. The number of halogens is 1. The largest absolute Gasteiger partial charge is 0.497 e. The van der Waals surface area contributed by atoms with Crippen molar-refractivity contribution in [3.63, 3.8) is 0 Å². The van der Waals surface area contributed by atoms with Gasteiger partial charge in [-0.3, -0.25) is 0 Å². The molecular weight excluding hydrogens is 322 g/mol. The number of methoxy groups -OCH3 is 1. The van der Waals surface area contributed by atoms with Crippen molar-refractivity contribution < 1.29 is 13.2 Å². The minimum absolute atomic E-state index is 0.133. The third-order valence-electron chi connectivity index (χ3n) is 3.40. The minimum atomic E-state index is -3.58. The van der Waals surface area contributed by atoms with Gasteiger partial charge in [-0.2, -0.15) is 0 Å². The van der Waals surface area contributed by atoms with E-state index in [4.69, 9.17) is 16.3 Å². The first-order valence-corrected chi connectivity index (χ1v) is 8.61. The number of benzene rings is 2. The number of sulfonamides is 1. The molecule has 0 unspecified atom stereocenters. The topological polar surface area (TPSA) is 46.6 Å². The van der Waals surface area contributed by atoms with Crippen molar-refractivity contribution in [2.24, 2.45) is 0 Å². The molecule has 22 heavy (non-hydrogen) atoms. The summed E-state index contributed by atoms with van der Waals surface area (Å²) in [6.07, 6.45) is 0.615. The van der Waals surface area contributed by atoms with Crippen LogP contribution in [0.4, 0.5) is 0 Å². The molecule has 0 amide bonds. The zero-order chi connectivity index (χ0) is 16.2. The predicted molar refractivity (Wildman–Crippen MR) is 88.0 cm³/mol. The summed E-state index contributed by atoms with van der Waals surface area (Å²) >= 11 is 5.98. The summed E-state index contributed by atoms with van der Waals surface area (Å²) in [5.74, 6) is 0.779. The Morgan fingerprint density at radius 2 is 1.73 bits per heavy atom. The fourth-order valence-electron chi connectivity index (χ4n) is 2.02. The van der Waals surface area contributed by atoms with Crippen LogP contribution in [0.25, 0.3) is 0 Å². The van der Waals surface area contributed by atoms with Gasteiger partial charge in [0.25, 0.3) is 0 Å². The van der Waals surface area contributed by atoms with Crippen LogP contribution in [-0.2, 0) is 16.4 Å². The predicted octanol–water partition coefficient (Wildman–Crippen LogP) is 3.21. The van der Waals surface area contributed by atoms with Gasteiger partial charge in [0, 0.05) is 13.6 Å². The van der Waals surface area contributed by atoms with E-state index >= 15 is 0 Å². The number of hydrogen-bond donors (Lipinski definition) is 0. The zero-order valence-corrected chi connectivity index (χ0v) is 14.1. The van der Waals surface area contributed by atoms with Gasteiger partial charge in [0.05, 0.1) is 12.1 Å². The Morgan fingerprint density at radius 1 is 1.09 bits per heavy atom. The molecule has 0 bridgehead atoms. The third-order valence-corrected chi connectivity index (χ3v) is 5.76. The van der Waals surface area contributed by atoms with Gasteiger partial charge >= 0.3 is 0 Å². The fourth-order valence-corrected chi connectivity index (χ4v) is 3.68. The first-order valence-electron chi connectivity index (χ1n) is 6.79. The number of rotatable bonds is 6. The average Bonchev–Trinajstić information content (AvgIpc) is 2.53. The van der Waals surface area contributed by atoms with Crippen molar-refractivity contribution in [2.75, 3.05) is 20.7 Å². The minimum Gasteiger partial charge on any atom is -0.497 e. The number of hydrogen-bond acceptors (Lipinski definition) is 3. The molecule has 2 aromatic rings. The lowest BCUT2D eigenvalue weighted by Gasteiger charge is -2.18. The molecule has 0 aromatic heterocycles. The molecule has 6 heteroatoms. The maximum absolute atomic E-state index is 12.5. The van der Waals surface area contributed by atoms with Crippen molar-refractivity contribution in [1.29, 1.82) is 0 Å². The lowest BCUT2D eigenvalue weighted by atomic mass is 10.1. The molecule has 0 heterocycles. The van der Waals surface area contributed by atoms with Crippen molar-refractivity contribution in [3.05, 3.63) is 59.1 Å². The molecule has 0 spiro atoms. The SMILES string of the molecule is COc1ccc(CCN(C)S(=O)(=O)c2ccccc2Cl)cc1. The monoisotopic (exact) mass is 339 g/mol. The van der Waals surface area contributed by atoms with E-state index in [-0.39, 0.29) is 9.92 Å². The van der Waals surface area contributed by atoms with E-state index in [2.05, 4.69) is 0 Å². The summed E-state index contributed by atoms with van der Waals surface area (Å²) in [7, 11) is -0.408. The summed E-state index contributed by atoms with van der Waals surface area (Å²) in [4.78, 5) is 0.133. The third kappa shape index (κ3) is 3.80. The van der Waals surface area contributed by atoms with E-state index < -0.39 is 10.0 Å². The van der Waals surface area contributed by atoms with Gasteiger partial charge in [-0.05, 0) is 36.2 Å². The van der Waals surface area contributed by atoms with E-state index in [1.165, 1.54) is 10.4 Å². The number of nitrogens with zero attached hydrogens (tertiary/aromatic N) is 1. The molecule has 0 saturated heterocycles. The molecule has 0 aliphatic heterocycles. The van der Waals surface area contributed by atoms with Gasteiger partial charge in [0.1, 0.15) is 10.6 Å². The Labute approximate surface area is 136 Å². The summed E-state index contributed by atoms with van der Waals surface area (Å²) in [5.41, 5.74) is 1.04. The van der Waals surface area contributed by atoms with E-state index in [0.29, 0.717) is 13.0 Å². The van der Waals surface area contributed by atoms with Gasteiger partial charge < -0.3 is 4.74 Å². The number of ether oxygens (including phenoxy) is 1. The second kappa shape index (κ2) is 7.13. The van der Waals surface area contributed by atoms with Crippen LogP contribution in [0.1, 0.15) is 5.56 Å². The van der Waals surface area contributed by atoms with Crippen LogP contribution < -0.4 is 4.74 Å². The summed E-state index contributed by atoms with van der Waals surface area (Å²) < 4.78 is 31.4. The summed E-state index contributed by atoms with van der Waals surface area (Å²) in [5, 5.41) is 0.235. The van der Waals surface area contributed by atoms with Crippen molar-refractivity contribution in [2.45, 2.75) is 11.3 Å². The maximum Gasteiger partial charge on any atom is 0.244 e. The normalized spacial score (nSPS) is 11.6. The van der Waals surface area contributed by atoms with Crippen molar-refractivity contribution >= 4 is 21.6 Å². The Hall–Kier alpha value is -1.56. The van der Waals surface area contributed by atoms with E-state index in [1.807, 2.05) is 24.3 Å². The maximum atomic E-state index is 12.5. The first kappa shape index (κ1) is 16.8. The van der Waals surface area contributed by atoms with Crippen LogP contribution in [0.15, 0.2) is 53.4 Å². The Balaban J connectivity index is 2.08. The van der Waals surface area contributed by atoms with Crippen LogP contribution in [0, 0.1) is 0 Å². The molecule has 0 saturated carbocycles. The smallest absolute Gasteiger partial charge is 0.244 e. The van der Waals surface area contributed by atoms with Crippen LogP contribution in [0.2, 0.25) is 5.02 Å². The highest BCUT2D eigenvalue weighted by atomic mass is 35.5. The van der Waals surface area contributed by atoms with E-state index in [1.54, 1.807) is 32.4 Å². The lowest BCUT2D eigenvalue weighted by Crippen LogP contribution is -2.29. The molecule has 118 valence electrons. The Morgan fingerprint density at radius 3 is 2.32 bits per heavy atom. The van der Waals surface area contributed by atoms with Crippen LogP contribution in [0.3, 0.4) is 0 Å². The second-order valence-corrected chi connectivity index (χ2v) is 7.28. The van der Waals surface area contributed by atoms with Gasteiger partial charge in [0.2, 0.25) is 10.0 Å². The Bertz CT molecular complexity index is 729. The van der Waals surface area contributed by atoms with Gasteiger partial charge in [-0.1, -0.05) is 35.9 Å². The van der Waals surface area contributed by atoms with Gasteiger partial charge in [0.15, 0.2) is 0 Å². The van der Waals surface area contributed by atoms with E-state index in [0.717, 1.165) is 11.3 Å². The fraction of sp³-hybridized carbons (Fsp3) is 0.250. The molecule has 0 aliphatic carbocycles. The molecular formula is C16H18ClNO3S. The average molecular weight is 340 g/mol. The van der Waals surface area contributed by atoms with Crippen LogP contribution >= 0.6 is 11.6 Å². The second-order valence-electron chi connectivity index (χ2n) is 4.86. The highest BCUT2D eigenvalue weighted by Gasteiger charge is 2.22. The van der Waals surface area contributed by atoms with Gasteiger partial charge in [-0.25, -0.2) is 12.7 Å². The summed E-state index contributed by atoms with van der Waals surface area (Å²) in [6.45, 7) is 0.375. The van der Waals surface area contributed by atoms with Gasteiger partial charge in [-0.15, -0.1) is 0 Å².